The van der Waals surface area contributed by atoms with E-state index in [2.05, 4.69) is 24.1 Å². The quantitative estimate of drug-likeness (QED) is 0.845. The second kappa shape index (κ2) is 7.53. The minimum Gasteiger partial charge on any atom is -0.396 e. The molecular formula is C15H22ClNOS. The summed E-state index contributed by atoms with van der Waals surface area (Å²) in [4.78, 5) is 2.41. The summed E-state index contributed by atoms with van der Waals surface area (Å²) < 4.78 is 0. The van der Waals surface area contributed by atoms with Crippen LogP contribution in [-0.2, 0) is 0 Å². The minimum atomic E-state index is 0.277. The molecule has 0 amide bonds. The molecule has 0 saturated carbocycles. The molecule has 0 unspecified atom stereocenters. The summed E-state index contributed by atoms with van der Waals surface area (Å²) in [7, 11) is 2.20. The lowest BCUT2D eigenvalue weighted by Gasteiger charge is -2.37. The largest absolute Gasteiger partial charge is 0.396 e. The van der Waals surface area contributed by atoms with E-state index in [4.69, 9.17) is 16.7 Å². The van der Waals surface area contributed by atoms with Crippen LogP contribution in [0.25, 0.3) is 0 Å². The van der Waals surface area contributed by atoms with Crippen molar-refractivity contribution in [2.75, 3.05) is 38.2 Å². The fraction of sp³-hybridized carbons (Fsp3) is 0.600. The van der Waals surface area contributed by atoms with E-state index in [9.17, 15) is 0 Å². The summed E-state index contributed by atoms with van der Waals surface area (Å²) in [6.07, 6.45) is 1.21. The predicted octanol–water partition coefficient (Wildman–Crippen LogP) is 3.10. The van der Waals surface area contributed by atoms with E-state index in [1.165, 1.54) is 12.0 Å². The average molecular weight is 300 g/mol. The Labute approximate surface area is 125 Å². The lowest BCUT2D eigenvalue weighted by atomic mass is 9.81. The molecule has 2 rings (SSSR count). The van der Waals surface area contributed by atoms with E-state index in [0.29, 0.717) is 11.8 Å². The summed E-state index contributed by atoms with van der Waals surface area (Å²) in [5.74, 6) is 3.25. The highest BCUT2D eigenvalue weighted by atomic mass is 35.5. The van der Waals surface area contributed by atoms with Crippen molar-refractivity contribution in [3.05, 3.63) is 34.9 Å². The van der Waals surface area contributed by atoms with Gasteiger partial charge in [-0.25, -0.2) is 0 Å². The maximum Gasteiger partial charge on any atom is 0.0521 e. The second-order valence-corrected chi connectivity index (χ2v) is 6.85. The predicted molar refractivity (Wildman–Crippen MR) is 84.2 cm³/mol. The lowest BCUT2D eigenvalue weighted by Crippen LogP contribution is -2.38. The molecule has 0 bridgehead atoms. The van der Waals surface area contributed by atoms with Crippen LogP contribution in [0.2, 0.25) is 5.02 Å². The van der Waals surface area contributed by atoms with Crippen molar-refractivity contribution in [2.24, 2.45) is 5.92 Å². The molecule has 1 aromatic rings. The van der Waals surface area contributed by atoms with Gasteiger partial charge in [-0.15, -0.1) is 0 Å². The van der Waals surface area contributed by atoms with Crippen LogP contribution in [0.3, 0.4) is 0 Å². The molecule has 1 aliphatic rings. The van der Waals surface area contributed by atoms with Crippen LogP contribution in [0.5, 0.6) is 0 Å². The Morgan fingerprint density at radius 1 is 1.37 bits per heavy atom. The van der Waals surface area contributed by atoms with E-state index >= 15 is 0 Å². The van der Waals surface area contributed by atoms with Crippen LogP contribution >= 0.6 is 23.4 Å². The molecule has 1 aliphatic heterocycles. The number of hydrogen-bond acceptors (Lipinski definition) is 3. The van der Waals surface area contributed by atoms with Gasteiger partial charge >= 0.3 is 0 Å². The van der Waals surface area contributed by atoms with E-state index in [-0.39, 0.29) is 6.61 Å². The Bertz CT molecular complexity index is 384. The van der Waals surface area contributed by atoms with Crippen LogP contribution in [-0.4, -0.2) is 48.3 Å². The third kappa shape index (κ3) is 4.38. The molecule has 1 heterocycles. The Balaban J connectivity index is 2.04. The maximum absolute atomic E-state index is 8.92. The summed E-state index contributed by atoms with van der Waals surface area (Å²) in [5, 5.41) is 9.72. The fourth-order valence-corrected chi connectivity index (χ4v) is 3.89. The van der Waals surface area contributed by atoms with Gasteiger partial charge in [0.1, 0.15) is 0 Å². The smallest absolute Gasteiger partial charge is 0.0521 e. The number of thioether (sulfide) groups is 1. The van der Waals surface area contributed by atoms with E-state index in [1.54, 1.807) is 0 Å². The number of aliphatic hydroxyl groups is 1. The van der Waals surface area contributed by atoms with Gasteiger partial charge in [-0.3, -0.25) is 0 Å². The van der Waals surface area contributed by atoms with Crippen LogP contribution in [0, 0.1) is 5.92 Å². The van der Waals surface area contributed by atoms with Crippen molar-refractivity contribution < 1.29 is 5.11 Å². The lowest BCUT2D eigenvalue weighted by molar-refractivity contribution is 0.198. The van der Waals surface area contributed by atoms with Crippen molar-refractivity contribution in [1.29, 1.82) is 0 Å². The first-order valence-corrected chi connectivity index (χ1v) is 8.36. The number of piperidine rings is 1. The SMILES string of the molecule is CN1CC[C@@H](c2ccc(Cl)cc2)[C@@H](CSCCO)C1. The van der Waals surface area contributed by atoms with Crippen LogP contribution < -0.4 is 0 Å². The highest BCUT2D eigenvalue weighted by Gasteiger charge is 2.28. The van der Waals surface area contributed by atoms with Crippen molar-refractivity contribution in [3.63, 3.8) is 0 Å². The first kappa shape index (κ1) is 15.2. The average Bonchev–Trinajstić information content (AvgIpc) is 2.41. The number of halogens is 1. The molecule has 0 aliphatic carbocycles. The van der Waals surface area contributed by atoms with Gasteiger partial charge in [0.2, 0.25) is 0 Å². The monoisotopic (exact) mass is 299 g/mol. The van der Waals surface area contributed by atoms with Gasteiger partial charge in [0, 0.05) is 17.3 Å². The zero-order valence-corrected chi connectivity index (χ0v) is 13.0. The number of hydrogen-bond donors (Lipinski definition) is 1. The van der Waals surface area contributed by atoms with E-state index in [0.717, 1.165) is 29.6 Å². The molecule has 1 fully saturated rings. The van der Waals surface area contributed by atoms with Gasteiger partial charge in [-0.2, -0.15) is 11.8 Å². The molecule has 0 spiro atoms. The van der Waals surface area contributed by atoms with Crippen LogP contribution in [0.4, 0.5) is 0 Å². The van der Waals surface area contributed by atoms with Crippen molar-refractivity contribution in [1.82, 2.24) is 4.90 Å². The third-order valence-corrected chi connectivity index (χ3v) is 5.19. The first-order valence-electron chi connectivity index (χ1n) is 6.83. The second-order valence-electron chi connectivity index (χ2n) is 5.27. The standard InChI is InChI=1S/C15H22ClNOS/c1-17-7-6-15(12-2-4-14(16)5-3-12)13(10-17)11-19-9-8-18/h2-5,13,15,18H,6-11H2,1H3/t13-,15+/m1/s1. The van der Waals surface area contributed by atoms with Gasteiger partial charge in [0.15, 0.2) is 0 Å². The number of nitrogens with zero attached hydrogens (tertiary/aromatic N) is 1. The van der Waals surface area contributed by atoms with Crippen molar-refractivity contribution in [2.45, 2.75) is 12.3 Å². The molecule has 2 atom stereocenters. The molecule has 2 nitrogen and oxygen atoms in total. The topological polar surface area (TPSA) is 23.5 Å². The Morgan fingerprint density at radius 2 is 2.11 bits per heavy atom. The summed E-state index contributed by atoms with van der Waals surface area (Å²) >= 11 is 7.83. The normalized spacial score (nSPS) is 24.6. The molecule has 0 aromatic heterocycles. The Hall–Kier alpha value is -0.220. The summed E-state index contributed by atoms with van der Waals surface area (Å²) in [5.41, 5.74) is 1.41. The zero-order valence-electron chi connectivity index (χ0n) is 11.4. The maximum atomic E-state index is 8.92. The molecular weight excluding hydrogens is 278 g/mol. The Kier molecular flexibility index (Phi) is 6.02. The number of benzene rings is 1. The zero-order chi connectivity index (χ0) is 13.7. The molecule has 106 valence electrons. The third-order valence-electron chi connectivity index (χ3n) is 3.80. The first-order chi connectivity index (χ1) is 9.20. The highest BCUT2D eigenvalue weighted by molar-refractivity contribution is 7.99. The van der Waals surface area contributed by atoms with Gasteiger partial charge in [-0.05, 0) is 55.3 Å². The number of aliphatic hydroxyl groups excluding tert-OH is 1. The number of likely N-dealkylation sites (tertiary alicyclic amines) is 1. The highest BCUT2D eigenvalue weighted by Crippen LogP contribution is 2.35. The molecule has 1 N–H and O–H groups in total. The molecule has 19 heavy (non-hydrogen) atoms. The van der Waals surface area contributed by atoms with Crippen molar-refractivity contribution in [3.8, 4) is 0 Å². The molecule has 1 aromatic carbocycles. The van der Waals surface area contributed by atoms with Crippen LogP contribution in [0.15, 0.2) is 24.3 Å². The van der Waals surface area contributed by atoms with Gasteiger partial charge in [-0.1, -0.05) is 23.7 Å². The summed E-state index contributed by atoms with van der Waals surface area (Å²) in [6.45, 7) is 2.58. The number of rotatable bonds is 5. The Morgan fingerprint density at radius 3 is 2.79 bits per heavy atom. The minimum absolute atomic E-state index is 0.277. The van der Waals surface area contributed by atoms with Crippen molar-refractivity contribution >= 4 is 23.4 Å². The fourth-order valence-electron chi connectivity index (χ4n) is 2.83. The molecule has 4 heteroatoms. The van der Waals surface area contributed by atoms with Crippen LogP contribution in [0.1, 0.15) is 17.9 Å². The van der Waals surface area contributed by atoms with Gasteiger partial charge < -0.3 is 10.0 Å². The molecule has 0 radical (unpaired) electrons. The van der Waals surface area contributed by atoms with Gasteiger partial charge in [0.25, 0.3) is 0 Å². The van der Waals surface area contributed by atoms with E-state index < -0.39 is 0 Å². The van der Waals surface area contributed by atoms with Gasteiger partial charge in [0.05, 0.1) is 6.61 Å². The summed E-state index contributed by atoms with van der Waals surface area (Å²) in [6, 6.07) is 8.32. The van der Waals surface area contributed by atoms with E-state index in [1.807, 2.05) is 23.9 Å². The molecule has 1 saturated heterocycles.